The van der Waals surface area contributed by atoms with Gasteiger partial charge in [0.05, 0.1) is 11.0 Å². The van der Waals surface area contributed by atoms with E-state index in [1.807, 2.05) is 13.8 Å². The molecule has 5 heteroatoms. The van der Waals surface area contributed by atoms with E-state index in [-0.39, 0.29) is 17.5 Å². The molecule has 0 fully saturated rings. The molecule has 0 saturated carbocycles. The summed E-state index contributed by atoms with van der Waals surface area (Å²) in [5.41, 5.74) is 0. The molecule has 0 bridgehead atoms. The smallest absolute Gasteiger partial charge is 0.240 e. The van der Waals surface area contributed by atoms with E-state index in [4.69, 9.17) is 4.74 Å². The Bertz CT molecular complexity index is 402. The van der Waals surface area contributed by atoms with Crippen molar-refractivity contribution in [2.24, 2.45) is 0 Å². The minimum Gasteiger partial charge on any atom is -0.377 e. The van der Waals surface area contributed by atoms with Crippen molar-refractivity contribution < 1.29 is 13.2 Å². The van der Waals surface area contributed by atoms with Gasteiger partial charge < -0.3 is 4.74 Å². The van der Waals surface area contributed by atoms with Gasteiger partial charge in [-0.25, -0.2) is 13.1 Å². The van der Waals surface area contributed by atoms with E-state index < -0.39 is 10.0 Å². The molecule has 1 rings (SSSR count). The van der Waals surface area contributed by atoms with Gasteiger partial charge in [-0.2, -0.15) is 0 Å². The van der Waals surface area contributed by atoms with Crippen LogP contribution in [0.3, 0.4) is 0 Å². The van der Waals surface area contributed by atoms with E-state index in [1.54, 1.807) is 30.3 Å². The first-order valence-corrected chi connectivity index (χ1v) is 6.71. The largest absolute Gasteiger partial charge is 0.377 e. The molecule has 1 aromatic carbocycles. The Labute approximate surface area is 96.7 Å². The lowest BCUT2D eigenvalue weighted by Gasteiger charge is -2.12. The summed E-state index contributed by atoms with van der Waals surface area (Å²) >= 11 is 0. The lowest BCUT2D eigenvalue weighted by molar-refractivity contribution is 0.0799. The lowest BCUT2D eigenvalue weighted by atomic mass is 10.4. The number of hydrogen-bond donors (Lipinski definition) is 1. The van der Waals surface area contributed by atoms with Gasteiger partial charge in [-0.1, -0.05) is 18.2 Å². The Balaban J connectivity index is 2.60. The topological polar surface area (TPSA) is 55.4 Å². The maximum Gasteiger partial charge on any atom is 0.240 e. The first kappa shape index (κ1) is 13.2. The molecule has 0 aliphatic carbocycles. The molecule has 1 aromatic rings. The van der Waals surface area contributed by atoms with Gasteiger partial charge in [0, 0.05) is 13.2 Å². The molecule has 0 saturated heterocycles. The summed E-state index contributed by atoms with van der Waals surface area (Å²) in [5, 5.41) is 0. The van der Waals surface area contributed by atoms with Crippen LogP contribution in [0.1, 0.15) is 13.8 Å². The predicted octanol–water partition coefficient (Wildman–Crippen LogP) is 1.39. The number of benzene rings is 1. The zero-order valence-electron chi connectivity index (χ0n) is 9.51. The summed E-state index contributed by atoms with van der Waals surface area (Å²) < 4.78 is 31.3. The summed E-state index contributed by atoms with van der Waals surface area (Å²) in [7, 11) is -3.40. The van der Waals surface area contributed by atoms with Crippen LogP contribution in [0.25, 0.3) is 0 Å². The summed E-state index contributed by atoms with van der Waals surface area (Å²) in [6, 6.07) is 8.30. The molecule has 4 nitrogen and oxygen atoms in total. The van der Waals surface area contributed by atoms with E-state index in [1.165, 1.54) is 0 Å². The van der Waals surface area contributed by atoms with Gasteiger partial charge in [0.25, 0.3) is 0 Å². The van der Waals surface area contributed by atoms with Crippen LogP contribution in [-0.4, -0.2) is 27.7 Å². The highest BCUT2D eigenvalue weighted by Gasteiger charge is 2.14. The molecule has 1 N–H and O–H groups in total. The second-order valence-corrected chi connectivity index (χ2v) is 5.20. The fourth-order valence-corrected chi connectivity index (χ4v) is 2.39. The Morgan fingerprint density at radius 1 is 1.31 bits per heavy atom. The molecule has 90 valence electrons. The van der Waals surface area contributed by atoms with Crippen LogP contribution in [0.4, 0.5) is 0 Å². The molecule has 0 aliphatic rings. The van der Waals surface area contributed by atoms with Gasteiger partial charge in [0.15, 0.2) is 0 Å². The third-order valence-corrected chi connectivity index (χ3v) is 3.50. The minimum absolute atomic E-state index is 0.122. The molecule has 16 heavy (non-hydrogen) atoms. The van der Waals surface area contributed by atoms with Gasteiger partial charge in [-0.05, 0) is 26.0 Å². The van der Waals surface area contributed by atoms with Crippen molar-refractivity contribution in [2.45, 2.75) is 24.8 Å². The SMILES string of the molecule is CCOC(C)CNS(=O)(=O)c1ccccc1. The zero-order valence-corrected chi connectivity index (χ0v) is 10.3. The Kier molecular flexibility index (Phi) is 4.92. The van der Waals surface area contributed by atoms with Gasteiger partial charge in [-0.3, -0.25) is 0 Å². The number of hydrogen-bond acceptors (Lipinski definition) is 3. The van der Waals surface area contributed by atoms with Gasteiger partial charge in [0.2, 0.25) is 10.0 Å². The second-order valence-electron chi connectivity index (χ2n) is 3.43. The van der Waals surface area contributed by atoms with E-state index in [0.29, 0.717) is 6.61 Å². The van der Waals surface area contributed by atoms with E-state index in [0.717, 1.165) is 0 Å². The normalized spacial score (nSPS) is 13.6. The maximum atomic E-state index is 11.8. The fourth-order valence-electron chi connectivity index (χ4n) is 1.25. The van der Waals surface area contributed by atoms with Crippen molar-refractivity contribution >= 4 is 10.0 Å². The highest BCUT2D eigenvalue weighted by atomic mass is 32.2. The fraction of sp³-hybridized carbons (Fsp3) is 0.455. The Morgan fingerprint density at radius 2 is 1.94 bits per heavy atom. The molecule has 0 spiro atoms. The van der Waals surface area contributed by atoms with Crippen LogP contribution in [0.2, 0.25) is 0 Å². The first-order chi connectivity index (χ1) is 7.56. The van der Waals surface area contributed by atoms with Crippen LogP contribution in [0, 0.1) is 0 Å². The van der Waals surface area contributed by atoms with Gasteiger partial charge in [-0.15, -0.1) is 0 Å². The molecule has 0 aromatic heterocycles. The standard InChI is InChI=1S/C11H17NO3S/c1-3-15-10(2)9-12-16(13,14)11-7-5-4-6-8-11/h4-8,10,12H,3,9H2,1-2H3. The van der Waals surface area contributed by atoms with Gasteiger partial charge in [0.1, 0.15) is 0 Å². The molecule has 0 radical (unpaired) electrons. The highest BCUT2D eigenvalue weighted by Crippen LogP contribution is 2.06. The molecule has 1 atom stereocenters. The highest BCUT2D eigenvalue weighted by molar-refractivity contribution is 7.89. The number of ether oxygens (including phenoxy) is 1. The molecule has 0 aliphatic heterocycles. The number of nitrogens with one attached hydrogen (secondary N) is 1. The van der Waals surface area contributed by atoms with E-state index in [9.17, 15) is 8.42 Å². The van der Waals surface area contributed by atoms with Crippen molar-refractivity contribution in [1.29, 1.82) is 0 Å². The predicted molar refractivity (Wildman–Crippen MR) is 62.7 cm³/mol. The number of sulfonamides is 1. The second kappa shape index (κ2) is 5.98. The van der Waals surface area contributed by atoms with Crippen LogP contribution >= 0.6 is 0 Å². The first-order valence-electron chi connectivity index (χ1n) is 5.22. The molecular weight excluding hydrogens is 226 g/mol. The number of rotatable bonds is 6. The Hall–Kier alpha value is -0.910. The van der Waals surface area contributed by atoms with Gasteiger partial charge >= 0.3 is 0 Å². The quantitative estimate of drug-likeness (QED) is 0.821. The summed E-state index contributed by atoms with van der Waals surface area (Å²) in [6.07, 6.45) is -0.122. The molecule has 0 heterocycles. The monoisotopic (exact) mass is 243 g/mol. The summed E-state index contributed by atoms with van der Waals surface area (Å²) in [4.78, 5) is 0.277. The lowest BCUT2D eigenvalue weighted by Crippen LogP contribution is -2.32. The average Bonchev–Trinajstić information content (AvgIpc) is 2.28. The van der Waals surface area contributed by atoms with Crippen molar-refractivity contribution in [3.05, 3.63) is 30.3 Å². The maximum absolute atomic E-state index is 11.8. The Morgan fingerprint density at radius 3 is 2.50 bits per heavy atom. The van der Waals surface area contributed by atoms with Crippen LogP contribution < -0.4 is 4.72 Å². The molecule has 1 unspecified atom stereocenters. The summed E-state index contributed by atoms with van der Waals surface area (Å²) in [6.45, 7) is 4.57. The summed E-state index contributed by atoms with van der Waals surface area (Å²) in [5.74, 6) is 0. The minimum atomic E-state index is -3.40. The van der Waals surface area contributed by atoms with Crippen molar-refractivity contribution in [2.75, 3.05) is 13.2 Å². The van der Waals surface area contributed by atoms with E-state index >= 15 is 0 Å². The van der Waals surface area contributed by atoms with Crippen molar-refractivity contribution in [1.82, 2.24) is 4.72 Å². The molecular formula is C11H17NO3S. The average molecular weight is 243 g/mol. The van der Waals surface area contributed by atoms with Crippen molar-refractivity contribution in [3.63, 3.8) is 0 Å². The van der Waals surface area contributed by atoms with Crippen LogP contribution in [0.15, 0.2) is 35.2 Å². The van der Waals surface area contributed by atoms with Crippen molar-refractivity contribution in [3.8, 4) is 0 Å². The molecule has 0 amide bonds. The van der Waals surface area contributed by atoms with Crippen LogP contribution in [-0.2, 0) is 14.8 Å². The van der Waals surface area contributed by atoms with E-state index in [2.05, 4.69) is 4.72 Å². The van der Waals surface area contributed by atoms with Crippen LogP contribution in [0.5, 0.6) is 0 Å². The third-order valence-electron chi connectivity index (χ3n) is 2.07. The zero-order chi connectivity index (χ0) is 12.0. The third kappa shape index (κ3) is 3.92.